The minimum atomic E-state index is -0.470. The Morgan fingerprint density at radius 1 is 1.54 bits per heavy atom. The van der Waals surface area contributed by atoms with Crippen molar-refractivity contribution in [3.8, 4) is 0 Å². The van der Waals surface area contributed by atoms with E-state index in [0.717, 1.165) is 10.2 Å². The summed E-state index contributed by atoms with van der Waals surface area (Å²) in [5.41, 5.74) is 5.81. The van der Waals surface area contributed by atoms with Gasteiger partial charge in [0.1, 0.15) is 0 Å². The van der Waals surface area contributed by atoms with Crippen molar-refractivity contribution in [1.82, 2.24) is 0 Å². The number of halogens is 1. The topological polar surface area (TPSA) is 55.1 Å². The molecule has 0 fully saturated rings. The number of hydrogen-bond acceptors (Lipinski definition) is 2. The minimum Gasteiger partial charge on any atom is -0.366 e. The standard InChI is InChI=1S/C9H9BrN2O/c10-7-2-1-3-8(6-7)12-5-4-9(11)13/h1-6,12H,(H2,11,13). The van der Waals surface area contributed by atoms with Crippen LogP contribution in [0, 0.1) is 0 Å². The lowest BCUT2D eigenvalue weighted by atomic mass is 10.3. The van der Waals surface area contributed by atoms with Gasteiger partial charge in [-0.15, -0.1) is 0 Å². The summed E-state index contributed by atoms with van der Waals surface area (Å²) < 4.78 is 0.977. The molecule has 0 aliphatic heterocycles. The second-order valence-electron chi connectivity index (χ2n) is 2.39. The van der Waals surface area contributed by atoms with Crippen molar-refractivity contribution in [1.29, 1.82) is 0 Å². The van der Waals surface area contributed by atoms with Crippen molar-refractivity contribution in [3.63, 3.8) is 0 Å². The first kappa shape index (κ1) is 9.80. The Balaban J connectivity index is 2.59. The molecule has 0 radical (unpaired) electrons. The number of nitrogens with two attached hydrogens (primary N) is 1. The van der Waals surface area contributed by atoms with Crippen molar-refractivity contribution in [3.05, 3.63) is 41.0 Å². The number of hydrogen-bond donors (Lipinski definition) is 2. The summed E-state index contributed by atoms with van der Waals surface area (Å²) in [5.74, 6) is -0.470. The third-order valence-electron chi connectivity index (χ3n) is 1.32. The number of rotatable bonds is 3. The number of primary amides is 1. The van der Waals surface area contributed by atoms with Gasteiger partial charge in [-0.1, -0.05) is 22.0 Å². The van der Waals surface area contributed by atoms with Crippen molar-refractivity contribution in [2.45, 2.75) is 0 Å². The molecule has 13 heavy (non-hydrogen) atoms. The fourth-order valence-corrected chi connectivity index (χ4v) is 1.20. The summed E-state index contributed by atoms with van der Waals surface area (Å²) >= 11 is 3.33. The van der Waals surface area contributed by atoms with Gasteiger partial charge >= 0.3 is 0 Å². The van der Waals surface area contributed by atoms with Gasteiger partial charge in [0.05, 0.1) is 0 Å². The van der Waals surface area contributed by atoms with E-state index in [1.807, 2.05) is 24.3 Å². The molecule has 0 spiro atoms. The summed E-state index contributed by atoms with van der Waals surface area (Å²) in [7, 11) is 0. The Labute approximate surface area is 84.8 Å². The summed E-state index contributed by atoms with van der Waals surface area (Å²) in [6, 6.07) is 7.59. The first-order valence-corrected chi connectivity index (χ1v) is 4.46. The van der Waals surface area contributed by atoms with Crippen LogP contribution in [-0.4, -0.2) is 5.91 Å². The van der Waals surface area contributed by atoms with Gasteiger partial charge in [-0.3, -0.25) is 4.79 Å². The van der Waals surface area contributed by atoms with Gasteiger partial charge < -0.3 is 11.1 Å². The molecule has 3 nitrogen and oxygen atoms in total. The molecule has 1 amide bonds. The van der Waals surface area contributed by atoms with Crippen LogP contribution < -0.4 is 11.1 Å². The highest BCUT2D eigenvalue weighted by atomic mass is 79.9. The smallest absolute Gasteiger partial charge is 0.242 e. The molecule has 0 heterocycles. The number of amides is 1. The molecule has 0 aliphatic carbocycles. The zero-order chi connectivity index (χ0) is 9.68. The van der Waals surface area contributed by atoms with Crippen molar-refractivity contribution >= 4 is 27.5 Å². The Kier molecular flexibility index (Phi) is 3.52. The molecule has 0 bridgehead atoms. The average molecular weight is 241 g/mol. The van der Waals surface area contributed by atoms with Crippen LogP contribution in [0.2, 0.25) is 0 Å². The van der Waals surface area contributed by atoms with Gasteiger partial charge in [0.2, 0.25) is 5.91 Å². The SMILES string of the molecule is NC(=O)C=CNc1cccc(Br)c1. The molecule has 1 rings (SSSR count). The zero-order valence-corrected chi connectivity index (χ0v) is 8.41. The van der Waals surface area contributed by atoms with Crippen LogP contribution in [0.5, 0.6) is 0 Å². The second-order valence-corrected chi connectivity index (χ2v) is 3.31. The van der Waals surface area contributed by atoms with Gasteiger partial charge in [0, 0.05) is 22.4 Å². The van der Waals surface area contributed by atoms with Crippen LogP contribution in [0.15, 0.2) is 41.0 Å². The molecular formula is C9H9BrN2O. The van der Waals surface area contributed by atoms with Crippen LogP contribution in [0.3, 0.4) is 0 Å². The van der Waals surface area contributed by atoms with Crippen LogP contribution in [0.4, 0.5) is 5.69 Å². The highest BCUT2D eigenvalue weighted by molar-refractivity contribution is 9.10. The van der Waals surface area contributed by atoms with Crippen molar-refractivity contribution < 1.29 is 4.79 Å². The highest BCUT2D eigenvalue weighted by Gasteiger charge is 1.89. The number of carbonyl (C=O) groups is 1. The number of benzene rings is 1. The van der Waals surface area contributed by atoms with Crippen molar-refractivity contribution in [2.75, 3.05) is 5.32 Å². The lowest BCUT2D eigenvalue weighted by Gasteiger charge is -1.99. The predicted molar refractivity (Wildman–Crippen MR) is 56.1 cm³/mol. The first-order chi connectivity index (χ1) is 6.18. The van der Waals surface area contributed by atoms with E-state index in [4.69, 9.17) is 5.73 Å². The number of carbonyl (C=O) groups excluding carboxylic acids is 1. The lowest BCUT2D eigenvalue weighted by molar-refractivity contribution is -0.113. The maximum absolute atomic E-state index is 10.3. The summed E-state index contributed by atoms with van der Waals surface area (Å²) in [6.45, 7) is 0. The summed E-state index contributed by atoms with van der Waals surface area (Å²) in [4.78, 5) is 10.3. The Morgan fingerprint density at radius 3 is 2.92 bits per heavy atom. The molecule has 0 unspecified atom stereocenters. The van der Waals surface area contributed by atoms with E-state index in [0.29, 0.717) is 0 Å². The molecular weight excluding hydrogens is 232 g/mol. The molecule has 3 N–H and O–H groups in total. The molecule has 4 heteroatoms. The van der Waals surface area contributed by atoms with Gasteiger partial charge in [0.15, 0.2) is 0 Å². The largest absolute Gasteiger partial charge is 0.366 e. The van der Waals surface area contributed by atoms with Crippen LogP contribution >= 0.6 is 15.9 Å². The monoisotopic (exact) mass is 240 g/mol. The van der Waals surface area contributed by atoms with Gasteiger partial charge in [-0.05, 0) is 18.2 Å². The highest BCUT2D eigenvalue weighted by Crippen LogP contribution is 2.15. The number of anilines is 1. The Hall–Kier alpha value is -1.29. The second kappa shape index (κ2) is 4.67. The molecule has 1 aromatic rings. The average Bonchev–Trinajstić information content (AvgIpc) is 2.03. The third kappa shape index (κ3) is 3.75. The first-order valence-electron chi connectivity index (χ1n) is 3.66. The van der Waals surface area contributed by atoms with Crippen LogP contribution in [0.1, 0.15) is 0 Å². The minimum absolute atomic E-state index is 0.470. The quantitative estimate of drug-likeness (QED) is 0.793. The molecule has 0 aromatic heterocycles. The van der Waals surface area contributed by atoms with E-state index in [2.05, 4.69) is 21.2 Å². The maximum Gasteiger partial charge on any atom is 0.242 e. The normalized spacial score (nSPS) is 10.2. The number of nitrogens with one attached hydrogen (secondary N) is 1. The van der Waals surface area contributed by atoms with E-state index in [-0.39, 0.29) is 0 Å². The fourth-order valence-electron chi connectivity index (χ4n) is 0.798. The lowest BCUT2D eigenvalue weighted by Crippen LogP contribution is -2.06. The van der Waals surface area contributed by atoms with Gasteiger partial charge in [-0.25, -0.2) is 0 Å². The molecule has 0 saturated carbocycles. The van der Waals surface area contributed by atoms with Gasteiger partial charge in [-0.2, -0.15) is 0 Å². The molecule has 0 saturated heterocycles. The third-order valence-corrected chi connectivity index (χ3v) is 1.82. The molecule has 1 aromatic carbocycles. The van der Waals surface area contributed by atoms with Crippen LogP contribution in [0.25, 0.3) is 0 Å². The Bertz CT molecular complexity index is 336. The van der Waals surface area contributed by atoms with E-state index in [9.17, 15) is 4.79 Å². The fraction of sp³-hybridized carbons (Fsp3) is 0. The van der Waals surface area contributed by atoms with Gasteiger partial charge in [0.25, 0.3) is 0 Å². The Morgan fingerprint density at radius 2 is 2.31 bits per heavy atom. The summed E-state index contributed by atoms with van der Waals surface area (Å²) in [5, 5.41) is 2.91. The molecule has 0 aliphatic rings. The zero-order valence-electron chi connectivity index (χ0n) is 6.83. The van der Waals surface area contributed by atoms with E-state index >= 15 is 0 Å². The molecule has 68 valence electrons. The predicted octanol–water partition coefficient (Wildman–Crippen LogP) is 1.86. The molecule has 0 atom stereocenters. The van der Waals surface area contributed by atoms with Crippen molar-refractivity contribution in [2.24, 2.45) is 5.73 Å². The van der Waals surface area contributed by atoms with Crippen LogP contribution in [-0.2, 0) is 4.79 Å². The van der Waals surface area contributed by atoms with E-state index < -0.39 is 5.91 Å². The summed E-state index contributed by atoms with van der Waals surface area (Å²) in [6.07, 6.45) is 2.77. The van der Waals surface area contributed by atoms with E-state index in [1.165, 1.54) is 12.3 Å². The van der Waals surface area contributed by atoms with E-state index in [1.54, 1.807) is 0 Å². The maximum atomic E-state index is 10.3.